The Labute approximate surface area is 139 Å². The Balaban J connectivity index is 1.66. The fourth-order valence-corrected chi connectivity index (χ4v) is 5.76. The Hall–Kier alpha value is -1.32. The maximum atomic E-state index is 12.4. The maximum Gasteiger partial charge on any atom is 0.308 e. The average Bonchev–Trinajstić information content (AvgIpc) is 2.49. The van der Waals surface area contributed by atoms with Crippen molar-refractivity contribution in [2.45, 2.75) is 58.0 Å². The van der Waals surface area contributed by atoms with Crippen LogP contribution >= 0.6 is 0 Å². The molecule has 1 N–H and O–H groups in total. The predicted molar refractivity (Wildman–Crippen MR) is 88.5 cm³/mol. The molecule has 4 rings (SSSR count). The van der Waals surface area contributed by atoms with Gasteiger partial charge in [-0.3, -0.25) is 9.59 Å². The zero-order valence-corrected chi connectivity index (χ0v) is 14.3. The Bertz CT molecular complexity index is 469. The van der Waals surface area contributed by atoms with E-state index in [1.807, 2.05) is 0 Å². The third kappa shape index (κ3) is 2.92. The summed E-state index contributed by atoms with van der Waals surface area (Å²) in [7, 11) is 0. The van der Waals surface area contributed by atoms with Crippen LogP contribution in [0.5, 0.6) is 0 Å². The summed E-state index contributed by atoms with van der Waals surface area (Å²) in [5, 5.41) is 2.65. The molecular formula is C19H29NO3. The van der Waals surface area contributed by atoms with Crippen molar-refractivity contribution in [1.29, 1.82) is 0 Å². The third-order valence-electron chi connectivity index (χ3n) is 6.42. The van der Waals surface area contributed by atoms with Crippen molar-refractivity contribution < 1.29 is 14.3 Å². The van der Waals surface area contributed by atoms with Gasteiger partial charge in [-0.2, -0.15) is 0 Å². The summed E-state index contributed by atoms with van der Waals surface area (Å²) in [5.41, 5.74) is -0.271. The molecule has 23 heavy (non-hydrogen) atoms. The lowest BCUT2D eigenvalue weighted by Crippen LogP contribution is -2.62. The summed E-state index contributed by atoms with van der Waals surface area (Å²) < 4.78 is 6.18. The fraction of sp³-hybridized carbons (Fsp3) is 0.789. The number of esters is 1. The molecule has 0 radical (unpaired) electrons. The number of nitrogens with one attached hydrogen (secondary N) is 1. The van der Waals surface area contributed by atoms with Gasteiger partial charge in [0.2, 0.25) is 5.91 Å². The molecule has 4 nitrogen and oxygen atoms in total. The van der Waals surface area contributed by atoms with E-state index in [4.69, 9.17) is 4.74 Å². The van der Waals surface area contributed by atoms with Crippen molar-refractivity contribution >= 4 is 11.9 Å². The van der Waals surface area contributed by atoms with Crippen LogP contribution < -0.4 is 5.32 Å². The van der Waals surface area contributed by atoms with Crippen molar-refractivity contribution in [2.24, 2.45) is 29.6 Å². The predicted octanol–water partition coefficient (Wildman–Crippen LogP) is 3.07. The molecule has 0 saturated heterocycles. The molecule has 0 spiro atoms. The zero-order chi connectivity index (χ0) is 16.6. The highest BCUT2D eigenvalue weighted by atomic mass is 16.6. The minimum Gasteiger partial charge on any atom is -0.458 e. The molecule has 0 atom stereocenters. The van der Waals surface area contributed by atoms with Gasteiger partial charge in [0.05, 0.1) is 6.42 Å². The lowest BCUT2D eigenvalue weighted by atomic mass is 9.47. The summed E-state index contributed by atoms with van der Waals surface area (Å²) in [6.45, 7) is 8.13. The first-order valence-electron chi connectivity index (χ1n) is 9.07. The highest BCUT2D eigenvalue weighted by Crippen LogP contribution is 2.61. The molecule has 1 amide bonds. The molecule has 0 aromatic rings. The molecule has 0 aromatic carbocycles. The number of ether oxygens (including phenoxy) is 1. The van der Waals surface area contributed by atoms with Crippen LogP contribution in [0.4, 0.5) is 0 Å². The molecule has 128 valence electrons. The van der Waals surface area contributed by atoms with Gasteiger partial charge in [0.15, 0.2) is 0 Å². The first kappa shape index (κ1) is 16.5. The van der Waals surface area contributed by atoms with Crippen molar-refractivity contribution in [3.05, 3.63) is 12.7 Å². The number of amides is 1. The lowest BCUT2D eigenvalue weighted by Gasteiger charge is -2.61. The monoisotopic (exact) mass is 319 g/mol. The topological polar surface area (TPSA) is 55.4 Å². The van der Waals surface area contributed by atoms with Crippen LogP contribution in [0.15, 0.2) is 12.7 Å². The number of rotatable bonds is 6. The van der Waals surface area contributed by atoms with Crippen LogP contribution in [0.3, 0.4) is 0 Å². The number of hydrogen-bond donors (Lipinski definition) is 1. The molecule has 0 unspecified atom stereocenters. The molecule has 4 bridgehead atoms. The molecule has 4 fully saturated rings. The number of hydrogen-bond acceptors (Lipinski definition) is 3. The summed E-state index contributed by atoms with van der Waals surface area (Å²) in [6, 6.07) is 0. The van der Waals surface area contributed by atoms with Crippen molar-refractivity contribution in [3.63, 3.8) is 0 Å². The minimum atomic E-state index is -0.271. The van der Waals surface area contributed by atoms with Gasteiger partial charge >= 0.3 is 5.97 Å². The van der Waals surface area contributed by atoms with Gasteiger partial charge < -0.3 is 10.1 Å². The SMILES string of the molecule is C=CC(=O)NCCC(=O)OC1(C(C)C)C2CC3CC(C2)CC1C3. The summed E-state index contributed by atoms with van der Waals surface area (Å²) in [4.78, 5) is 23.6. The second-order valence-corrected chi connectivity index (χ2v) is 8.03. The van der Waals surface area contributed by atoms with Gasteiger partial charge in [0.1, 0.15) is 5.60 Å². The summed E-state index contributed by atoms with van der Waals surface area (Å²) in [6.07, 6.45) is 7.76. The first-order valence-corrected chi connectivity index (χ1v) is 9.07. The van der Waals surface area contributed by atoms with Crippen LogP contribution in [-0.4, -0.2) is 24.0 Å². The second kappa shape index (κ2) is 6.29. The highest BCUT2D eigenvalue weighted by molar-refractivity contribution is 5.87. The van der Waals surface area contributed by atoms with Crippen molar-refractivity contribution in [3.8, 4) is 0 Å². The Kier molecular flexibility index (Phi) is 4.52. The fourth-order valence-electron chi connectivity index (χ4n) is 5.76. The van der Waals surface area contributed by atoms with E-state index in [-0.39, 0.29) is 23.9 Å². The van der Waals surface area contributed by atoms with E-state index in [0.717, 1.165) is 11.8 Å². The standard InChI is InChI=1S/C19H29NO3/c1-4-17(21)20-6-5-18(22)23-19(12(2)3)15-8-13-7-14(10-15)11-16(19)9-13/h4,12-16H,1,5-11H2,2-3H3,(H,20,21). The van der Waals surface area contributed by atoms with Crippen molar-refractivity contribution in [2.75, 3.05) is 6.54 Å². The zero-order valence-electron chi connectivity index (χ0n) is 14.3. The number of carbonyl (C=O) groups excluding carboxylic acids is 2. The normalized spacial score (nSPS) is 37.7. The molecule has 4 aliphatic rings. The molecular weight excluding hydrogens is 290 g/mol. The molecule has 4 heteroatoms. The van der Waals surface area contributed by atoms with E-state index in [1.165, 1.54) is 38.2 Å². The smallest absolute Gasteiger partial charge is 0.308 e. The van der Waals surface area contributed by atoms with E-state index in [1.54, 1.807) is 0 Å². The van der Waals surface area contributed by atoms with E-state index in [2.05, 4.69) is 25.7 Å². The Morgan fingerprint density at radius 1 is 1.17 bits per heavy atom. The Morgan fingerprint density at radius 3 is 2.22 bits per heavy atom. The number of carbonyl (C=O) groups is 2. The highest BCUT2D eigenvalue weighted by Gasteiger charge is 2.60. The van der Waals surface area contributed by atoms with Gasteiger partial charge in [-0.05, 0) is 67.8 Å². The largest absolute Gasteiger partial charge is 0.458 e. The van der Waals surface area contributed by atoms with Gasteiger partial charge in [-0.25, -0.2) is 0 Å². The first-order chi connectivity index (χ1) is 11.0. The second-order valence-electron chi connectivity index (χ2n) is 8.03. The minimum absolute atomic E-state index is 0.171. The van der Waals surface area contributed by atoms with Crippen LogP contribution in [-0.2, 0) is 14.3 Å². The lowest BCUT2D eigenvalue weighted by molar-refractivity contribution is -0.224. The summed E-state index contributed by atoms with van der Waals surface area (Å²) >= 11 is 0. The molecule has 0 aromatic heterocycles. The molecule has 0 aliphatic heterocycles. The van der Waals surface area contributed by atoms with E-state index < -0.39 is 0 Å². The van der Waals surface area contributed by atoms with Gasteiger partial charge in [-0.15, -0.1) is 0 Å². The van der Waals surface area contributed by atoms with Crippen LogP contribution in [0, 0.1) is 29.6 Å². The van der Waals surface area contributed by atoms with Gasteiger partial charge in [-0.1, -0.05) is 20.4 Å². The summed E-state index contributed by atoms with van der Waals surface area (Å²) in [5.74, 6) is 2.71. The van der Waals surface area contributed by atoms with E-state index >= 15 is 0 Å². The molecule has 0 heterocycles. The van der Waals surface area contributed by atoms with Gasteiger partial charge in [0.25, 0.3) is 0 Å². The van der Waals surface area contributed by atoms with E-state index in [9.17, 15) is 9.59 Å². The van der Waals surface area contributed by atoms with Crippen LogP contribution in [0.25, 0.3) is 0 Å². The molecule has 4 aliphatic carbocycles. The van der Waals surface area contributed by atoms with Crippen LogP contribution in [0.2, 0.25) is 0 Å². The van der Waals surface area contributed by atoms with Gasteiger partial charge in [0, 0.05) is 6.54 Å². The average molecular weight is 319 g/mol. The maximum absolute atomic E-state index is 12.4. The third-order valence-corrected chi connectivity index (χ3v) is 6.42. The quantitative estimate of drug-likeness (QED) is 0.604. The van der Waals surface area contributed by atoms with E-state index in [0.29, 0.717) is 24.3 Å². The Morgan fingerprint density at radius 2 is 1.74 bits per heavy atom. The van der Waals surface area contributed by atoms with Crippen molar-refractivity contribution in [1.82, 2.24) is 5.32 Å². The molecule has 4 saturated carbocycles. The van der Waals surface area contributed by atoms with Crippen LogP contribution in [0.1, 0.15) is 52.4 Å².